The van der Waals surface area contributed by atoms with Gasteiger partial charge in [0.2, 0.25) is 0 Å². The molecule has 1 N–H and O–H groups in total. The topological polar surface area (TPSA) is 59.4 Å². The maximum atomic E-state index is 10.9. The fourth-order valence-corrected chi connectivity index (χ4v) is 1.72. The van der Waals surface area contributed by atoms with Gasteiger partial charge in [-0.05, 0) is 17.7 Å². The number of fused-ring (bicyclic) bond motifs is 1. The molecule has 4 heteroatoms. The van der Waals surface area contributed by atoms with Crippen molar-refractivity contribution in [3.63, 3.8) is 0 Å². The third-order valence-corrected chi connectivity index (χ3v) is 2.65. The molecule has 88 valence electrons. The number of methoxy groups -OCH3 is 1. The van der Waals surface area contributed by atoms with E-state index in [0.717, 1.165) is 16.5 Å². The van der Waals surface area contributed by atoms with Crippen LogP contribution in [0.15, 0.2) is 36.5 Å². The lowest BCUT2D eigenvalue weighted by atomic mass is 10.1. The number of nitrogens with zero attached hydrogens (tertiary/aromatic N) is 1. The van der Waals surface area contributed by atoms with E-state index >= 15 is 0 Å². The van der Waals surface area contributed by atoms with E-state index in [0.29, 0.717) is 6.42 Å². The number of hydrogen-bond acceptors (Lipinski definition) is 3. The summed E-state index contributed by atoms with van der Waals surface area (Å²) in [5.74, 6) is -0.950. The van der Waals surface area contributed by atoms with Crippen molar-refractivity contribution in [2.24, 2.45) is 0 Å². The molecule has 2 aromatic rings. The number of benzene rings is 1. The van der Waals surface area contributed by atoms with Crippen molar-refractivity contribution in [1.82, 2.24) is 4.98 Å². The van der Waals surface area contributed by atoms with Gasteiger partial charge >= 0.3 is 5.97 Å². The zero-order valence-electron chi connectivity index (χ0n) is 9.46. The van der Waals surface area contributed by atoms with Crippen LogP contribution >= 0.6 is 0 Å². The molecule has 4 nitrogen and oxygen atoms in total. The number of carboxylic acid groups (broad SMARTS) is 1. The number of carboxylic acids is 1. The highest BCUT2D eigenvalue weighted by molar-refractivity contribution is 5.79. The molecule has 0 aliphatic rings. The van der Waals surface area contributed by atoms with Gasteiger partial charge in [0, 0.05) is 25.1 Å². The van der Waals surface area contributed by atoms with Crippen LogP contribution in [-0.2, 0) is 16.0 Å². The standard InChI is InChI=1S/C13H13NO3/c1-17-12(13(15)16)8-9-4-5-10-3-2-6-14-11(10)7-9/h2-7,12H,8H2,1H3,(H,15,16). The van der Waals surface area contributed by atoms with Gasteiger partial charge in [0.25, 0.3) is 0 Å². The summed E-state index contributed by atoms with van der Waals surface area (Å²) in [5, 5.41) is 9.95. The van der Waals surface area contributed by atoms with Crippen molar-refractivity contribution in [2.75, 3.05) is 7.11 Å². The SMILES string of the molecule is COC(Cc1ccc2cccnc2c1)C(=O)O. The van der Waals surface area contributed by atoms with Gasteiger partial charge in [-0.15, -0.1) is 0 Å². The predicted octanol–water partition coefficient (Wildman–Crippen LogP) is 1.88. The van der Waals surface area contributed by atoms with Crippen LogP contribution in [0.25, 0.3) is 10.9 Å². The summed E-state index contributed by atoms with van der Waals surface area (Å²) >= 11 is 0. The molecule has 1 unspecified atom stereocenters. The van der Waals surface area contributed by atoms with Crippen molar-refractivity contribution >= 4 is 16.9 Å². The van der Waals surface area contributed by atoms with E-state index in [1.807, 2.05) is 30.3 Å². The van der Waals surface area contributed by atoms with Crippen LogP contribution in [0.1, 0.15) is 5.56 Å². The first-order valence-electron chi connectivity index (χ1n) is 5.30. The molecule has 1 atom stereocenters. The Balaban J connectivity index is 2.27. The molecule has 0 aliphatic carbocycles. The maximum absolute atomic E-state index is 10.9. The highest BCUT2D eigenvalue weighted by Gasteiger charge is 2.16. The van der Waals surface area contributed by atoms with E-state index in [2.05, 4.69) is 4.98 Å². The smallest absolute Gasteiger partial charge is 0.333 e. The lowest BCUT2D eigenvalue weighted by Crippen LogP contribution is -2.24. The zero-order valence-corrected chi connectivity index (χ0v) is 9.46. The summed E-state index contributed by atoms with van der Waals surface area (Å²) in [4.78, 5) is 15.1. The van der Waals surface area contributed by atoms with Crippen molar-refractivity contribution in [1.29, 1.82) is 0 Å². The molecule has 0 saturated carbocycles. The number of pyridine rings is 1. The van der Waals surface area contributed by atoms with Gasteiger partial charge in [-0.2, -0.15) is 0 Å². The third-order valence-electron chi connectivity index (χ3n) is 2.65. The molecule has 17 heavy (non-hydrogen) atoms. The number of aromatic nitrogens is 1. The second-order valence-electron chi connectivity index (χ2n) is 3.80. The molecule has 0 spiro atoms. The summed E-state index contributed by atoms with van der Waals surface area (Å²) in [6.07, 6.45) is 1.26. The number of aliphatic carboxylic acids is 1. The van der Waals surface area contributed by atoms with E-state index < -0.39 is 12.1 Å². The molecule has 0 bridgehead atoms. The van der Waals surface area contributed by atoms with Gasteiger partial charge in [-0.25, -0.2) is 4.79 Å². The highest BCUT2D eigenvalue weighted by Crippen LogP contribution is 2.15. The van der Waals surface area contributed by atoms with Crippen LogP contribution in [0.4, 0.5) is 0 Å². The van der Waals surface area contributed by atoms with Crippen LogP contribution < -0.4 is 0 Å². The largest absolute Gasteiger partial charge is 0.479 e. The van der Waals surface area contributed by atoms with Gasteiger partial charge < -0.3 is 9.84 Å². The Labute approximate surface area is 98.9 Å². The summed E-state index contributed by atoms with van der Waals surface area (Å²) in [5.41, 5.74) is 1.77. The Kier molecular flexibility index (Phi) is 3.35. The number of carbonyl (C=O) groups is 1. The minimum Gasteiger partial charge on any atom is -0.479 e. The average Bonchev–Trinajstić information content (AvgIpc) is 2.35. The summed E-state index contributed by atoms with van der Waals surface area (Å²) in [7, 11) is 1.40. The van der Waals surface area contributed by atoms with Crippen LogP contribution in [0.3, 0.4) is 0 Å². The molecular weight excluding hydrogens is 218 g/mol. The predicted molar refractivity (Wildman–Crippen MR) is 63.9 cm³/mol. The quantitative estimate of drug-likeness (QED) is 0.872. The highest BCUT2D eigenvalue weighted by atomic mass is 16.5. The van der Waals surface area contributed by atoms with E-state index in [1.54, 1.807) is 6.20 Å². The minimum absolute atomic E-state index is 0.346. The molecule has 1 aromatic heterocycles. The normalized spacial score (nSPS) is 12.5. The Morgan fingerprint density at radius 2 is 2.29 bits per heavy atom. The maximum Gasteiger partial charge on any atom is 0.333 e. The molecule has 0 radical (unpaired) electrons. The second-order valence-corrected chi connectivity index (χ2v) is 3.80. The third kappa shape index (κ3) is 2.60. The van der Waals surface area contributed by atoms with E-state index in [4.69, 9.17) is 9.84 Å². The molecule has 1 aromatic carbocycles. The Morgan fingerprint density at radius 1 is 1.47 bits per heavy atom. The Morgan fingerprint density at radius 3 is 3.00 bits per heavy atom. The Hall–Kier alpha value is -1.94. The minimum atomic E-state index is -0.950. The van der Waals surface area contributed by atoms with Crippen molar-refractivity contribution in [3.05, 3.63) is 42.1 Å². The molecule has 2 rings (SSSR count). The summed E-state index contributed by atoms with van der Waals surface area (Å²) in [6.45, 7) is 0. The first-order chi connectivity index (χ1) is 8.20. The van der Waals surface area contributed by atoms with Crippen LogP contribution in [0.2, 0.25) is 0 Å². The van der Waals surface area contributed by atoms with Crippen LogP contribution in [0.5, 0.6) is 0 Å². The summed E-state index contributed by atoms with van der Waals surface area (Å²) < 4.78 is 4.91. The lowest BCUT2D eigenvalue weighted by Gasteiger charge is -2.10. The second kappa shape index (κ2) is 4.93. The number of rotatable bonds is 4. The van der Waals surface area contributed by atoms with Crippen LogP contribution in [-0.4, -0.2) is 29.3 Å². The van der Waals surface area contributed by atoms with Crippen molar-refractivity contribution in [3.8, 4) is 0 Å². The van der Waals surface area contributed by atoms with Gasteiger partial charge in [0.15, 0.2) is 6.10 Å². The fraction of sp³-hybridized carbons (Fsp3) is 0.231. The molecule has 0 amide bonds. The fourth-order valence-electron chi connectivity index (χ4n) is 1.72. The van der Waals surface area contributed by atoms with E-state index in [1.165, 1.54) is 7.11 Å². The molecular formula is C13H13NO3. The molecule has 1 heterocycles. The summed E-state index contributed by atoms with van der Waals surface area (Å²) in [6, 6.07) is 9.57. The first-order valence-corrected chi connectivity index (χ1v) is 5.30. The van der Waals surface area contributed by atoms with Gasteiger partial charge in [0.05, 0.1) is 5.52 Å². The van der Waals surface area contributed by atoms with Crippen molar-refractivity contribution in [2.45, 2.75) is 12.5 Å². The number of ether oxygens (including phenoxy) is 1. The zero-order chi connectivity index (χ0) is 12.3. The van der Waals surface area contributed by atoms with Gasteiger partial charge in [-0.3, -0.25) is 4.98 Å². The molecule has 0 aliphatic heterocycles. The van der Waals surface area contributed by atoms with E-state index in [9.17, 15) is 4.79 Å². The monoisotopic (exact) mass is 231 g/mol. The van der Waals surface area contributed by atoms with Crippen LogP contribution in [0, 0.1) is 0 Å². The molecule has 0 saturated heterocycles. The molecule has 0 fully saturated rings. The number of hydrogen-bond donors (Lipinski definition) is 1. The Bertz CT molecular complexity index is 539. The first kappa shape index (κ1) is 11.5. The van der Waals surface area contributed by atoms with Crippen molar-refractivity contribution < 1.29 is 14.6 Å². The van der Waals surface area contributed by atoms with Gasteiger partial charge in [0.1, 0.15) is 0 Å². The van der Waals surface area contributed by atoms with Gasteiger partial charge in [-0.1, -0.05) is 18.2 Å². The average molecular weight is 231 g/mol. The lowest BCUT2D eigenvalue weighted by molar-refractivity contribution is -0.148. The van der Waals surface area contributed by atoms with E-state index in [-0.39, 0.29) is 0 Å².